The summed E-state index contributed by atoms with van der Waals surface area (Å²) in [5, 5.41) is 12.4. The van der Waals surface area contributed by atoms with E-state index in [0.717, 1.165) is 17.2 Å². The maximum absolute atomic E-state index is 12.9. The Hall–Kier alpha value is -3.08. The maximum atomic E-state index is 12.9. The minimum Gasteiger partial charge on any atom is -0.349 e. The molecule has 2 amide bonds. The van der Waals surface area contributed by atoms with Crippen molar-refractivity contribution < 1.29 is 22.8 Å². The summed E-state index contributed by atoms with van der Waals surface area (Å²) in [6, 6.07) is 9.41. The van der Waals surface area contributed by atoms with Crippen LogP contribution >= 0.6 is 11.8 Å². The Balaban J connectivity index is 1.42. The highest BCUT2D eigenvalue weighted by Gasteiger charge is 2.31. The lowest BCUT2D eigenvalue weighted by atomic mass is 10.2. The standard InChI is InChI=1S/C18H14F3N5O2S/c19-18(20,21)10-5-6-14-24-25-15(26(14)9-10)8-22-16(27)7-13-17(28)23-11-3-1-2-4-12(11)29-13/h1-6,9,13H,7-8H2,(H,22,27)(H,23,28). The van der Waals surface area contributed by atoms with E-state index >= 15 is 0 Å². The highest BCUT2D eigenvalue weighted by Crippen LogP contribution is 2.36. The van der Waals surface area contributed by atoms with Crippen LogP contribution in [0.4, 0.5) is 18.9 Å². The number of para-hydroxylation sites is 1. The summed E-state index contributed by atoms with van der Waals surface area (Å²) in [7, 11) is 0. The van der Waals surface area contributed by atoms with Crippen molar-refractivity contribution in [1.82, 2.24) is 19.9 Å². The van der Waals surface area contributed by atoms with Gasteiger partial charge in [-0.05, 0) is 24.3 Å². The normalized spacial score (nSPS) is 16.4. The lowest BCUT2D eigenvalue weighted by Gasteiger charge is -2.23. The van der Waals surface area contributed by atoms with E-state index in [1.54, 1.807) is 12.1 Å². The summed E-state index contributed by atoms with van der Waals surface area (Å²) in [6.45, 7) is -0.114. The number of anilines is 1. The Morgan fingerprint density at radius 3 is 2.79 bits per heavy atom. The smallest absolute Gasteiger partial charge is 0.349 e. The van der Waals surface area contributed by atoms with E-state index in [9.17, 15) is 22.8 Å². The third-order valence-corrected chi connectivity index (χ3v) is 5.60. The third kappa shape index (κ3) is 4.04. The van der Waals surface area contributed by atoms with Crippen molar-refractivity contribution in [3.05, 3.63) is 54.0 Å². The van der Waals surface area contributed by atoms with Gasteiger partial charge in [-0.25, -0.2) is 0 Å². The molecule has 29 heavy (non-hydrogen) atoms. The van der Waals surface area contributed by atoms with E-state index in [-0.39, 0.29) is 30.3 Å². The number of aromatic nitrogens is 3. The Morgan fingerprint density at radius 1 is 1.21 bits per heavy atom. The Kier molecular flexibility index (Phi) is 4.91. The van der Waals surface area contributed by atoms with E-state index in [0.29, 0.717) is 5.69 Å². The molecule has 2 N–H and O–H groups in total. The molecule has 0 bridgehead atoms. The number of nitrogens with one attached hydrogen (secondary N) is 2. The third-order valence-electron chi connectivity index (χ3n) is 4.32. The van der Waals surface area contributed by atoms with Crippen molar-refractivity contribution in [2.75, 3.05) is 5.32 Å². The average Bonchev–Trinajstić information content (AvgIpc) is 3.08. The maximum Gasteiger partial charge on any atom is 0.417 e. The predicted octanol–water partition coefficient (Wildman–Crippen LogP) is 2.87. The van der Waals surface area contributed by atoms with Gasteiger partial charge in [0.1, 0.15) is 0 Å². The van der Waals surface area contributed by atoms with E-state index < -0.39 is 22.9 Å². The SMILES string of the molecule is O=C(CC1Sc2ccccc2NC1=O)NCc1nnc2ccc(C(F)(F)F)cn12. The first kappa shape index (κ1) is 19.2. The van der Waals surface area contributed by atoms with Crippen LogP contribution in [0.15, 0.2) is 47.5 Å². The molecule has 1 aliphatic heterocycles. The van der Waals surface area contributed by atoms with Crippen LogP contribution in [-0.4, -0.2) is 31.7 Å². The fourth-order valence-corrected chi connectivity index (χ4v) is 3.98. The van der Waals surface area contributed by atoms with Gasteiger partial charge in [-0.15, -0.1) is 22.0 Å². The highest BCUT2D eigenvalue weighted by atomic mass is 32.2. The minimum atomic E-state index is -4.50. The molecule has 0 aliphatic carbocycles. The molecule has 3 heterocycles. The van der Waals surface area contributed by atoms with Gasteiger partial charge in [0.2, 0.25) is 11.8 Å². The zero-order chi connectivity index (χ0) is 20.6. The van der Waals surface area contributed by atoms with Crippen molar-refractivity contribution in [2.45, 2.75) is 29.3 Å². The molecule has 2 aromatic heterocycles. The van der Waals surface area contributed by atoms with E-state index in [1.165, 1.54) is 22.2 Å². The molecule has 0 saturated carbocycles. The summed E-state index contributed by atoms with van der Waals surface area (Å²) in [6.07, 6.45) is -3.69. The molecule has 11 heteroatoms. The van der Waals surface area contributed by atoms with Gasteiger partial charge in [0.05, 0.1) is 23.0 Å². The van der Waals surface area contributed by atoms with Crippen molar-refractivity contribution in [3.8, 4) is 0 Å². The topological polar surface area (TPSA) is 88.4 Å². The summed E-state index contributed by atoms with van der Waals surface area (Å²) in [4.78, 5) is 25.3. The average molecular weight is 421 g/mol. The molecule has 1 atom stereocenters. The molecule has 1 aromatic carbocycles. The quantitative estimate of drug-likeness (QED) is 0.676. The second-order valence-corrected chi connectivity index (χ2v) is 7.58. The minimum absolute atomic E-state index is 0.0740. The first-order valence-electron chi connectivity index (χ1n) is 8.55. The van der Waals surface area contributed by atoms with Gasteiger partial charge >= 0.3 is 6.18 Å². The summed E-state index contributed by atoms with van der Waals surface area (Å²) in [5.41, 5.74) is 0.0990. The molecule has 1 unspecified atom stereocenters. The highest BCUT2D eigenvalue weighted by molar-refractivity contribution is 8.01. The second-order valence-electron chi connectivity index (χ2n) is 6.33. The molecule has 0 fully saturated rings. The number of hydrogen-bond acceptors (Lipinski definition) is 5. The lowest BCUT2D eigenvalue weighted by molar-refractivity contribution is -0.137. The number of benzene rings is 1. The molecule has 150 valence electrons. The van der Waals surface area contributed by atoms with Crippen LogP contribution in [0, 0.1) is 0 Å². The first-order chi connectivity index (χ1) is 13.8. The van der Waals surface area contributed by atoms with Crippen LogP contribution in [-0.2, 0) is 22.3 Å². The fraction of sp³-hybridized carbons (Fsp3) is 0.222. The number of alkyl halides is 3. The number of fused-ring (bicyclic) bond motifs is 2. The van der Waals surface area contributed by atoms with Gasteiger partial charge < -0.3 is 10.6 Å². The molecule has 0 saturated heterocycles. The zero-order valence-electron chi connectivity index (χ0n) is 14.7. The van der Waals surface area contributed by atoms with Crippen molar-refractivity contribution in [2.24, 2.45) is 0 Å². The number of hydrogen-bond donors (Lipinski definition) is 2. The summed E-state index contributed by atoms with van der Waals surface area (Å²) in [5.74, 6) is -0.530. The molecule has 3 aromatic rings. The number of amides is 2. The van der Waals surface area contributed by atoms with Crippen LogP contribution in [0.3, 0.4) is 0 Å². The molecule has 0 radical (unpaired) electrons. The monoisotopic (exact) mass is 421 g/mol. The first-order valence-corrected chi connectivity index (χ1v) is 9.43. The van der Waals surface area contributed by atoms with Crippen molar-refractivity contribution in [3.63, 3.8) is 0 Å². The van der Waals surface area contributed by atoms with Crippen LogP contribution in [0.5, 0.6) is 0 Å². The van der Waals surface area contributed by atoms with Gasteiger partial charge in [-0.3, -0.25) is 14.0 Å². The Bertz CT molecular complexity index is 1100. The Morgan fingerprint density at radius 2 is 2.00 bits per heavy atom. The number of thioether (sulfide) groups is 1. The molecule has 0 spiro atoms. The number of carbonyl (C=O) groups is 2. The van der Waals surface area contributed by atoms with Crippen LogP contribution in [0.1, 0.15) is 17.8 Å². The number of carbonyl (C=O) groups excluding carboxylic acids is 2. The predicted molar refractivity (Wildman–Crippen MR) is 99.2 cm³/mol. The largest absolute Gasteiger partial charge is 0.417 e. The van der Waals surface area contributed by atoms with E-state index in [4.69, 9.17) is 0 Å². The molecular formula is C18H14F3N5O2S. The Labute approximate surface area is 166 Å². The molecule has 7 nitrogen and oxygen atoms in total. The summed E-state index contributed by atoms with van der Waals surface area (Å²) >= 11 is 1.29. The van der Waals surface area contributed by atoms with E-state index in [1.807, 2.05) is 12.1 Å². The number of rotatable bonds is 4. The summed E-state index contributed by atoms with van der Waals surface area (Å²) < 4.78 is 39.9. The second kappa shape index (κ2) is 7.39. The number of halogens is 3. The van der Waals surface area contributed by atoms with Gasteiger partial charge in [0.15, 0.2) is 11.5 Å². The molecular weight excluding hydrogens is 407 g/mol. The van der Waals surface area contributed by atoms with Crippen molar-refractivity contribution >= 4 is 34.9 Å². The zero-order valence-corrected chi connectivity index (χ0v) is 15.5. The van der Waals surface area contributed by atoms with Crippen LogP contribution < -0.4 is 10.6 Å². The van der Waals surface area contributed by atoms with Crippen LogP contribution in [0.25, 0.3) is 5.65 Å². The van der Waals surface area contributed by atoms with Gasteiger partial charge in [0, 0.05) is 17.5 Å². The van der Waals surface area contributed by atoms with E-state index in [2.05, 4.69) is 20.8 Å². The molecule has 1 aliphatic rings. The number of pyridine rings is 1. The lowest BCUT2D eigenvalue weighted by Crippen LogP contribution is -2.34. The van der Waals surface area contributed by atoms with Gasteiger partial charge in [0.25, 0.3) is 0 Å². The van der Waals surface area contributed by atoms with Crippen molar-refractivity contribution in [1.29, 1.82) is 0 Å². The molecule has 4 rings (SSSR count). The van der Waals surface area contributed by atoms with Gasteiger partial charge in [-0.2, -0.15) is 13.2 Å². The fourth-order valence-electron chi connectivity index (χ4n) is 2.87. The van der Waals surface area contributed by atoms with Gasteiger partial charge in [-0.1, -0.05) is 12.1 Å². The van der Waals surface area contributed by atoms with Crippen LogP contribution in [0.2, 0.25) is 0 Å². The number of nitrogens with zero attached hydrogens (tertiary/aromatic N) is 3.